The SMILES string of the molecule is CC1CC(C(=O)Cc2sccc2Br)CO1. The highest BCUT2D eigenvalue weighted by molar-refractivity contribution is 9.10. The summed E-state index contributed by atoms with van der Waals surface area (Å²) in [6.45, 7) is 2.62. The maximum atomic E-state index is 11.9. The monoisotopic (exact) mass is 288 g/mol. The zero-order chi connectivity index (χ0) is 10.8. The number of Topliss-reactive ketones (excluding diaryl/α,β-unsaturated/α-hetero) is 1. The van der Waals surface area contributed by atoms with Crippen LogP contribution >= 0.6 is 27.3 Å². The molecule has 0 spiro atoms. The van der Waals surface area contributed by atoms with Gasteiger partial charge in [-0.05, 0) is 40.7 Å². The second-order valence-electron chi connectivity index (χ2n) is 3.91. The molecular weight excluding hydrogens is 276 g/mol. The molecule has 2 unspecified atom stereocenters. The van der Waals surface area contributed by atoms with Gasteiger partial charge in [0, 0.05) is 21.7 Å². The van der Waals surface area contributed by atoms with E-state index >= 15 is 0 Å². The first-order chi connectivity index (χ1) is 7.16. The highest BCUT2D eigenvalue weighted by Crippen LogP contribution is 2.26. The third kappa shape index (κ3) is 2.68. The fraction of sp³-hybridized carbons (Fsp3) is 0.545. The van der Waals surface area contributed by atoms with Crippen molar-refractivity contribution in [3.63, 3.8) is 0 Å². The lowest BCUT2D eigenvalue weighted by atomic mass is 9.98. The summed E-state index contributed by atoms with van der Waals surface area (Å²) in [4.78, 5) is 13.0. The fourth-order valence-electron chi connectivity index (χ4n) is 1.80. The molecule has 0 radical (unpaired) electrons. The number of carbonyl (C=O) groups excluding carboxylic acids is 1. The summed E-state index contributed by atoms with van der Waals surface area (Å²) in [7, 11) is 0. The van der Waals surface area contributed by atoms with Gasteiger partial charge in [0.25, 0.3) is 0 Å². The number of halogens is 1. The molecule has 1 saturated heterocycles. The van der Waals surface area contributed by atoms with E-state index < -0.39 is 0 Å². The Hall–Kier alpha value is -0.190. The minimum Gasteiger partial charge on any atom is -0.378 e. The molecule has 2 heterocycles. The van der Waals surface area contributed by atoms with Gasteiger partial charge in [0.1, 0.15) is 5.78 Å². The number of thiophene rings is 1. The Morgan fingerprint density at radius 2 is 2.53 bits per heavy atom. The minimum absolute atomic E-state index is 0.106. The van der Waals surface area contributed by atoms with Crippen molar-refractivity contribution in [2.24, 2.45) is 5.92 Å². The molecule has 4 heteroatoms. The number of hydrogen-bond donors (Lipinski definition) is 0. The van der Waals surface area contributed by atoms with Gasteiger partial charge in [0.2, 0.25) is 0 Å². The molecule has 0 amide bonds. The summed E-state index contributed by atoms with van der Waals surface area (Å²) in [5.41, 5.74) is 0. The van der Waals surface area contributed by atoms with Crippen molar-refractivity contribution in [1.82, 2.24) is 0 Å². The van der Waals surface area contributed by atoms with E-state index in [1.54, 1.807) is 11.3 Å². The van der Waals surface area contributed by atoms with Crippen LogP contribution in [0.1, 0.15) is 18.2 Å². The summed E-state index contributed by atoms with van der Waals surface area (Å²) >= 11 is 5.07. The Kier molecular flexibility index (Phi) is 3.59. The minimum atomic E-state index is 0.106. The van der Waals surface area contributed by atoms with Crippen LogP contribution in [-0.2, 0) is 16.0 Å². The number of ether oxygens (including phenoxy) is 1. The molecule has 2 rings (SSSR count). The van der Waals surface area contributed by atoms with E-state index in [0.29, 0.717) is 18.8 Å². The van der Waals surface area contributed by atoms with Gasteiger partial charge >= 0.3 is 0 Å². The van der Waals surface area contributed by atoms with Crippen molar-refractivity contribution < 1.29 is 9.53 Å². The first-order valence-corrected chi connectivity index (χ1v) is 6.70. The first-order valence-electron chi connectivity index (χ1n) is 5.03. The number of carbonyl (C=O) groups is 1. The van der Waals surface area contributed by atoms with E-state index in [4.69, 9.17) is 4.74 Å². The molecule has 1 fully saturated rings. The third-order valence-electron chi connectivity index (χ3n) is 2.68. The fourth-order valence-corrected chi connectivity index (χ4v) is 3.30. The van der Waals surface area contributed by atoms with Crippen LogP contribution in [0, 0.1) is 5.92 Å². The second-order valence-corrected chi connectivity index (χ2v) is 5.77. The topological polar surface area (TPSA) is 26.3 Å². The molecule has 0 aliphatic carbocycles. The Bertz CT molecular complexity index is 361. The average molecular weight is 289 g/mol. The summed E-state index contributed by atoms with van der Waals surface area (Å²) in [5.74, 6) is 0.413. The van der Waals surface area contributed by atoms with Crippen molar-refractivity contribution in [3.05, 3.63) is 20.8 Å². The van der Waals surface area contributed by atoms with Crippen molar-refractivity contribution in [1.29, 1.82) is 0 Å². The number of hydrogen-bond acceptors (Lipinski definition) is 3. The second kappa shape index (κ2) is 4.76. The molecule has 1 aromatic heterocycles. The highest BCUT2D eigenvalue weighted by Gasteiger charge is 2.28. The summed E-state index contributed by atoms with van der Waals surface area (Å²) < 4.78 is 6.46. The van der Waals surface area contributed by atoms with E-state index in [1.807, 2.05) is 18.4 Å². The Morgan fingerprint density at radius 1 is 1.73 bits per heavy atom. The van der Waals surface area contributed by atoms with Crippen molar-refractivity contribution in [2.75, 3.05) is 6.61 Å². The normalized spacial score (nSPS) is 25.7. The lowest BCUT2D eigenvalue weighted by molar-refractivity contribution is -0.122. The summed E-state index contributed by atoms with van der Waals surface area (Å²) in [6, 6.07) is 1.99. The number of rotatable bonds is 3. The van der Waals surface area contributed by atoms with Crippen LogP contribution in [0.3, 0.4) is 0 Å². The zero-order valence-corrected chi connectivity index (χ0v) is 10.9. The van der Waals surface area contributed by atoms with Crippen LogP contribution in [0.15, 0.2) is 15.9 Å². The molecule has 1 aromatic rings. The summed E-state index contributed by atoms with van der Waals surface area (Å²) in [5, 5.41) is 2.00. The van der Waals surface area contributed by atoms with Crippen LogP contribution in [-0.4, -0.2) is 18.5 Å². The van der Waals surface area contributed by atoms with Gasteiger partial charge in [-0.15, -0.1) is 11.3 Å². The van der Waals surface area contributed by atoms with E-state index in [2.05, 4.69) is 15.9 Å². The zero-order valence-electron chi connectivity index (χ0n) is 8.53. The van der Waals surface area contributed by atoms with E-state index in [0.717, 1.165) is 15.8 Å². The predicted octanol–water partition coefficient (Wildman–Crippen LogP) is 3.05. The maximum absolute atomic E-state index is 11.9. The molecule has 15 heavy (non-hydrogen) atoms. The predicted molar refractivity (Wildman–Crippen MR) is 64.3 cm³/mol. The van der Waals surface area contributed by atoms with Crippen molar-refractivity contribution >= 4 is 33.0 Å². The molecule has 0 N–H and O–H groups in total. The standard InChI is InChI=1S/C11H13BrO2S/c1-7-4-8(6-14-7)10(13)5-11-9(12)2-3-15-11/h2-3,7-8H,4-6H2,1H3. The largest absolute Gasteiger partial charge is 0.378 e. The molecular formula is C11H13BrO2S. The van der Waals surface area contributed by atoms with E-state index in [-0.39, 0.29) is 12.0 Å². The highest BCUT2D eigenvalue weighted by atomic mass is 79.9. The molecule has 0 saturated carbocycles. The lowest BCUT2D eigenvalue weighted by Crippen LogP contribution is -2.16. The van der Waals surface area contributed by atoms with E-state index in [1.165, 1.54) is 0 Å². The molecule has 1 aliphatic rings. The van der Waals surface area contributed by atoms with Gasteiger partial charge in [-0.1, -0.05) is 0 Å². The maximum Gasteiger partial charge on any atom is 0.143 e. The third-order valence-corrected chi connectivity index (χ3v) is 4.61. The Morgan fingerprint density at radius 3 is 3.07 bits per heavy atom. The van der Waals surface area contributed by atoms with Gasteiger partial charge < -0.3 is 4.74 Å². The van der Waals surface area contributed by atoms with Gasteiger partial charge in [-0.2, -0.15) is 0 Å². The molecule has 82 valence electrons. The van der Waals surface area contributed by atoms with Gasteiger partial charge in [-0.25, -0.2) is 0 Å². The van der Waals surface area contributed by atoms with Crippen LogP contribution < -0.4 is 0 Å². The molecule has 2 atom stereocenters. The summed E-state index contributed by atoms with van der Waals surface area (Å²) in [6.07, 6.45) is 1.66. The van der Waals surface area contributed by atoms with Crippen LogP contribution in [0.2, 0.25) is 0 Å². The molecule has 2 nitrogen and oxygen atoms in total. The van der Waals surface area contributed by atoms with Crippen molar-refractivity contribution in [2.45, 2.75) is 25.9 Å². The Labute approximate surface area is 102 Å². The number of ketones is 1. The molecule has 1 aliphatic heterocycles. The van der Waals surface area contributed by atoms with Gasteiger partial charge in [0.15, 0.2) is 0 Å². The molecule has 0 aromatic carbocycles. The van der Waals surface area contributed by atoms with Crippen molar-refractivity contribution in [3.8, 4) is 0 Å². The average Bonchev–Trinajstić information content (AvgIpc) is 2.77. The van der Waals surface area contributed by atoms with Crippen LogP contribution in [0.4, 0.5) is 0 Å². The molecule has 0 bridgehead atoms. The Balaban J connectivity index is 1.95. The van der Waals surface area contributed by atoms with Gasteiger partial charge in [-0.3, -0.25) is 4.79 Å². The van der Waals surface area contributed by atoms with E-state index in [9.17, 15) is 4.79 Å². The smallest absolute Gasteiger partial charge is 0.143 e. The van der Waals surface area contributed by atoms with Gasteiger partial charge in [0.05, 0.1) is 12.7 Å². The lowest BCUT2D eigenvalue weighted by Gasteiger charge is -2.05. The van der Waals surface area contributed by atoms with Crippen LogP contribution in [0.25, 0.3) is 0 Å². The first kappa shape index (κ1) is 11.3. The quantitative estimate of drug-likeness (QED) is 0.855. The van der Waals surface area contributed by atoms with Crippen LogP contribution in [0.5, 0.6) is 0 Å².